The molecule has 19 heavy (non-hydrogen) atoms. The van der Waals surface area contributed by atoms with Gasteiger partial charge in [0.15, 0.2) is 0 Å². The summed E-state index contributed by atoms with van der Waals surface area (Å²) in [5.74, 6) is 0.794. The normalized spacial score (nSPS) is 16.2. The van der Waals surface area contributed by atoms with Gasteiger partial charge in [-0.15, -0.1) is 0 Å². The molecule has 1 heterocycles. The molecule has 1 aromatic heterocycles. The Balaban J connectivity index is 3.05. The van der Waals surface area contributed by atoms with Crippen LogP contribution in [-0.4, -0.2) is 30.8 Å². The fourth-order valence-electron chi connectivity index (χ4n) is 2.22. The zero-order valence-electron chi connectivity index (χ0n) is 12.9. The molecule has 0 saturated carbocycles. The van der Waals surface area contributed by atoms with Gasteiger partial charge < -0.3 is 14.8 Å². The highest BCUT2D eigenvalue weighted by atomic mass is 16.5. The molecule has 2 unspecified atom stereocenters. The first-order valence-electron chi connectivity index (χ1n) is 6.80. The Bertz CT molecular complexity index is 389. The molecule has 0 aliphatic rings. The molecule has 2 atom stereocenters. The predicted octanol–water partition coefficient (Wildman–Crippen LogP) is 2.94. The Hall–Kier alpha value is -1.13. The number of aromatic nitrogens is 1. The van der Waals surface area contributed by atoms with E-state index in [0.717, 1.165) is 17.7 Å². The number of nitrogens with zero attached hydrogens (tertiary/aromatic N) is 1. The maximum atomic E-state index is 5.70. The van der Waals surface area contributed by atoms with Gasteiger partial charge in [-0.05, 0) is 45.9 Å². The fraction of sp³-hybridized carbons (Fsp3) is 0.667. The molecule has 1 N–H and O–H groups in total. The van der Waals surface area contributed by atoms with Crippen LogP contribution in [0, 0.1) is 0 Å². The SMILES string of the molecule is CCC(C)(OC)C(NC)c1cncc(OC(C)C)c1. The third-order valence-corrected chi connectivity index (χ3v) is 3.51. The van der Waals surface area contributed by atoms with Crippen molar-refractivity contribution >= 4 is 0 Å². The zero-order chi connectivity index (χ0) is 14.5. The fourth-order valence-corrected chi connectivity index (χ4v) is 2.22. The van der Waals surface area contributed by atoms with Crippen LogP contribution in [0.15, 0.2) is 18.5 Å². The van der Waals surface area contributed by atoms with Gasteiger partial charge in [-0.25, -0.2) is 0 Å². The Morgan fingerprint density at radius 3 is 2.53 bits per heavy atom. The van der Waals surface area contributed by atoms with Gasteiger partial charge in [0, 0.05) is 13.3 Å². The predicted molar refractivity (Wildman–Crippen MR) is 77.5 cm³/mol. The summed E-state index contributed by atoms with van der Waals surface area (Å²) in [6.45, 7) is 8.24. The van der Waals surface area contributed by atoms with Crippen molar-refractivity contribution in [1.29, 1.82) is 0 Å². The van der Waals surface area contributed by atoms with Crippen molar-refractivity contribution in [2.75, 3.05) is 14.2 Å². The molecule has 4 nitrogen and oxygen atoms in total. The van der Waals surface area contributed by atoms with E-state index in [1.165, 1.54) is 0 Å². The summed E-state index contributed by atoms with van der Waals surface area (Å²) in [5.41, 5.74) is 0.805. The summed E-state index contributed by atoms with van der Waals surface area (Å²) < 4.78 is 11.4. The van der Waals surface area contributed by atoms with Crippen molar-refractivity contribution in [1.82, 2.24) is 10.3 Å². The Kier molecular flexibility index (Phi) is 5.76. The van der Waals surface area contributed by atoms with Crippen LogP contribution in [0.1, 0.15) is 45.7 Å². The summed E-state index contributed by atoms with van der Waals surface area (Å²) in [6, 6.07) is 2.10. The van der Waals surface area contributed by atoms with Gasteiger partial charge in [0.05, 0.1) is 23.9 Å². The number of methoxy groups -OCH3 is 1. The van der Waals surface area contributed by atoms with Crippen molar-refractivity contribution in [3.8, 4) is 5.75 Å². The summed E-state index contributed by atoms with van der Waals surface area (Å²) in [7, 11) is 3.68. The van der Waals surface area contributed by atoms with Crippen LogP contribution < -0.4 is 10.1 Å². The summed E-state index contributed by atoms with van der Waals surface area (Å²) in [5, 5.41) is 3.32. The molecule has 0 aliphatic heterocycles. The van der Waals surface area contributed by atoms with Crippen LogP contribution in [-0.2, 0) is 4.74 Å². The molecular formula is C15H26N2O2. The number of rotatable bonds is 7. The van der Waals surface area contributed by atoms with Gasteiger partial charge in [0.25, 0.3) is 0 Å². The highest BCUT2D eigenvalue weighted by Gasteiger charge is 2.33. The van der Waals surface area contributed by atoms with Crippen LogP contribution in [0.3, 0.4) is 0 Å². The minimum absolute atomic E-state index is 0.0747. The second-order valence-corrected chi connectivity index (χ2v) is 5.21. The van der Waals surface area contributed by atoms with E-state index in [0.29, 0.717) is 0 Å². The van der Waals surface area contributed by atoms with Crippen LogP contribution in [0.2, 0.25) is 0 Å². The third-order valence-electron chi connectivity index (χ3n) is 3.51. The van der Waals surface area contributed by atoms with Crippen molar-refractivity contribution in [2.24, 2.45) is 0 Å². The van der Waals surface area contributed by atoms with E-state index in [-0.39, 0.29) is 17.7 Å². The van der Waals surface area contributed by atoms with E-state index in [1.807, 2.05) is 33.2 Å². The first-order valence-corrected chi connectivity index (χ1v) is 6.80. The lowest BCUT2D eigenvalue weighted by Crippen LogP contribution is -2.41. The van der Waals surface area contributed by atoms with Crippen LogP contribution in [0.4, 0.5) is 0 Å². The molecule has 0 aliphatic carbocycles. The maximum absolute atomic E-state index is 5.70. The first kappa shape index (κ1) is 15.9. The molecule has 0 bridgehead atoms. The van der Waals surface area contributed by atoms with Gasteiger partial charge in [-0.3, -0.25) is 4.98 Å². The van der Waals surface area contributed by atoms with E-state index in [1.54, 1.807) is 13.3 Å². The minimum atomic E-state index is -0.271. The van der Waals surface area contributed by atoms with Crippen LogP contribution in [0.25, 0.3) is 0 Å². The van der Waals surface area contributed by atoms with Crippen LogP contribution in [0.5, 0.6) is 5.75 Å². The van der Waals surface area contributed by atoms with Crippen molar-refractivity contribution < 1.29 is 9.47 Å². The second kappa shape index (κ2) is 6.87. The van der Waals surface area contributed by atoms with Gasteiger partial charge in [0.2, 0.25) is 0 Å². The molecule has 0 saturated heterocycles. The molecule has 0 radical (unpaired) electrons. The summed E-state index contributed by atoms with van der Waals surface area (Å²) >= 11 is 0. The van der Waals surface area contributed by atoms with Crippen LogP contribution >= 0.6 is 0 Å². The van der Waals surface area contributed by atoms with Gasteiger partial charge in [-0.2, -0.15) is 0 Å². The lowest BCUT2D eigenvalue weighted by atomic mass is 9.88. The van der Waals surface area contributed by atoms with Crippen molar-refractivity contribution in [3.05, 3.63) is 24.0 Å². The van der Waals surface area contributed by atoms with E-state index >= 15 is 0 Å². The monoisotopic (exact) mass is 266 g/mol. The number of likely N-dealkylation sites (N-methyl/N-ethyl adjacent to an activating group) is 1. The Labute approximate surface area is 116 Å². The molecular weight excluding hydrogens is 240 g/mol. The number of hydrogen-bond donors (Lipinski definition) is 1. The van der Waals surface area contributed by atoms with E-state index in [4.69, 9.17) is 9.47 Å². The number of hydrogen-bond acceptors (Lipinski definition) is 4. The van der Waals surface area contributed by atoms with Gasteiger partial charge in [-0.1, -0.05) is 6.92 Å². The molecule has 0 amide bonds. The number of pyridine rings is 1. The highest BCUT2D eigenvalue weighted by molar-refractivity contribution is 5.28. The molecule has 0 spiro atoms. The van der Waals surface area contributed by atoms with Crippen molar-refractivity contribution in [2.45, 2.75) is 51.9 Å². The standard InChI is InChI=1S/C15H26N2O2/c1-7-15(4,18-6)14(16-5)12-8-13(10-17-9-12)19-11(2)3/h8-11,14,16H,7H2,1-6H3. The number of ether oxygens (including phenoxy) is 2. The topological polar surface area (TPSA) is 43.4 Å². The molecule has 0 fully saturated rings. The van der Waals surface area contributed by atoms with E-state index in [2.05, 4.69) is 24.1 Å². The number of nitrogens with one attached hydrogen (secondary N) is 1. The zero-order valence-corrected chi connectivity index (χ0v) is 12.9. The summed E-state index contributed by atoms with van der Waals surface area (Å²) in [6.07, 6.45) is 4.66. The molecule has 4 heteroatoms. The average molecular weight is 266 g/mol. The Morgan fingerprint density at radius 1 is 1.37 bits per heavy atom. The quantitative estimate of drug-likeness (QED) is 0.824. The molecule has 1 rings (SSSR count). The minimum Gasteiger partial charge on any atom is -0.489 e. The molecule has 1 aromatic rings. The summed E-state index contributed by atoms with van der Waals surface area (Å²) in [4.78, 5) is 4.27. The highest BCUT2D eigenvalue weighted by Crippen LogP contribution is 2.32. The van der Waals surface area contributed by atoms with E-state index < -0.39 is 0 Å². The molecule has 108 valence electrons. The first-order chi connectivity index (χ1) is 8.96. The van der Waals surface area contributed by atoms with Gasteiger partial charge >= 0.3 is 0 Å². The lowest BCUT2D eigenvalue weighted by Gasteiger charge is -2.35. The maximum Gasteiger partial charge on any atom is 0.138 e. The smallest absolute Gasteiger partial charge is 0.138 e. The molecule has 0 aromatic carbocycles. The lowest BCUT2D eigenvalue weighted by molar-refractivity contribution is -0.0281. The second-order valence-electron chi connectivity index (χ2n) is 5.21. The largest absolute Gasteiger partial charge is 0.489 e. The third kappa shape index (κ3) is 3.91. The van der Waals surface area contributed by atoms with Gasteiger partial charge in [0.1, 0.15) is 5.75 Å². The average Bonchev–Trinajstić information content (AvgIpc) is 2.39. The van der Waals surface area contributed by atoms with E-state index in [9.17, 15) is 0 Å². The Morgan fingerprint density at radius 2 is 2.05 bits per heavy atom. The van der Waals surface area contributed by atoms with Crippen molar-refractivity contribution in [3.63, 3.8) is 0 Å².